The van der Waals surface area contributed by atoms with Gasteiger partial charge in [0, 0.05) is 29.8 Å². The van der Waals surface area contributed by atoms with Gasteiger partial charge >= 0.3 is 6.18 Å². The molecule has 0 radical (unpaired) electrons. The number of halogens is 4. The summed E-state index contributed by atoms with van der Waals surface area (Å²) in [6.45, 7) is 2.01. The molecule has 1 aliphatic carbocycles. The van der Waals surface area contributed by atoms with E-state index in [4.69, 9.17) is 5.73 Å². The van der Waals surface area contributed by atoms with Crippen LogP contribution in [0.5, 0.6) is 0 Å². The number of hydrogen-bond acceptors (Lipinski definition) is 4. The number of amides is 2. The van der Waals surface area contributed by atoms with E-state index >= 15 is 0 Å². The maximum atomic E-state index is 14.1. The highest BCUT2D eigenvalue weighted by atomic mass is 32.1. The van der Waals surface area contributed by atoms with Gasteiger partial charge in [0.05, 0.1) is 11.0 Å². The van der Waals surface area contributed by atoms with Gasteiger partial charge in [0.2, 0.25) is 5.91 Å². The number of likely N-dealkylation sites (N-methyl/N-ethyl adjacent to an activating group) is 1. The number of carbonyl (C=O) groups excluding carboxylic acids is 2. The number of nitrogens with one attached hydrogen (secondary N) is 1. The lowest BCUT2D eigenvalue weighted by atomic mass is 9.81. The van der Waals surface area contributed by atoms with Gasteiger partial charge in [-0.15, -0.1) is 11.3 Å². The molecule has 1 saturated carbocycles. The van der Waals surface area contributed by atoms with Crippen molar-refractivity contribution in [2.24, 2.45) is 11.1 Å². The average molecular weight is 500 g/mol. The van der Waals surface area contributed by atoms with E-state index in [-0.39, 0.29) is 37.4 Å². The summed E-state index contributed by atoms with van der Waals surface area (Å²) in [5.74, 6) is -2.96. The first kappa shape index (κ1) is 26.2. The first-order chi connectivity index (χ1) is 15.8. The number of nitrogens with two attached hydrogens (primary N) is 1. The van der Waals surface area contributed by atoms with Crippen LogP contribution < -0.4 is 11.1 Å². The molecule has 2 amide bonds. The predicted octanol–water partition coefficient (Wildman–Crippen LogP) is 4.40. The summed E-state index contributed by atoms with van der Waals surface area (Å²) in [6, 6.07) is 5.64. The monoisotopic (exact) mass is 499 g/mol. The second-order valence-corrected chi connectivity index (χ2v) is 10.3. The van der Waals surface area contributed by atoms with Crippen LogP contribution in [0.15, 0.2) is 29.6 Å². The molecule has 0 saturated heterocycles. The zero-order valence-corrected chi connectivity index (χ0v) is 20.2. The third-order valence-corrected chi connectivity index (χ3v) is 7.48. The Morgan fingerprint density at radius 2 is 1.91 bits per heavy atom. The van der Waals surface area contributed by atoms with Crippen molar-refractivity contribution in [1.29, 1.82) is 0 Å². The first-order valence-electron chi connectivity index (χ1n) is 11.0. The summed E-state index contributed by atoms with van der Waals surface area (Å²) in [4.78, 5) is 26.8. The number of nitrogens with zero attached hydrogens (tertiary/aromatic N) is 1. The third-order valence-electron chi connectivity index (χ3n) is 6.60. The van der Waals surface area contributed by atoms with Gasteiger partial charge in [-0.25, -0.2) is 4.39 Å². The maximum Gasteiger partial charge on any atom is 0.395 e. The van der Waals surface area contributed by atoms with Gasteiger partial charge in [0.25, 0.3) is 5.91 Å². The first-order valence-corrected chi connectivity index (χ1v) is 11.8. The largest absolute Gasteiger partial charge is 0.395 e. The molecule has 1 heterocycles. The van der Waals surface area contributed by atoms with Crippen molar-refractivity contribution in [3.05, 3.63) is 57.0 Å². The molecule has 3 rings (SSSR count). The van der Waals surface area contributed by atoms with Crippen LogP contribution in [-0.2, 0) is 11.2 Å². The van der Waals surface area contributed by atoms with Crippen LogP contribution in [0.25, 0.3) is 0 Å². The molecule has 34 heavy (non-hydrogen) atoms. The molecule has 1 aliphatic rings. The summed E-state index contributed by atoms with van der Waals surface area (Å²) < 4.78 is 55.7. The fourth-order valence-corrected chi connectivity index (χ4v) is 5.09. The van der Waals surface area contributed by atoms with Crippen LogP contribution in [0.3, 0.4) is 0 Å². The molecule has 1 fully saturated rings. The van der Waals surface area contributed by atoms with Crippen LogP contribution in [0.4, 0.5) is 17.6 Å². The van der Waals surface area contributed by atoms with Gasteiger partial charge < -0.3 is 16.0 Å². The standard InChI is InChI=1S/C24H29F4N3O2S/c1-14-8-16(13-34-14)19(23(6-7-23)24(26,27)28)11-21(32)30-12-17(31(2)3)9-15-4-5-18(22(29)33)20(25)10-15/h4-5,8,10,13,17,19H,6-7,9,11-12H2,1-3H3,(H2,29,33)(H,30,32). The number of rotatable bonds is 10. The van der Waals surface area contributed by atoms with Gasteiger partial charge in [-0.2, -0.15) is 13.2 Å². The summed E-state index contributed by atoms with van der Waals surface area (Å²) in [7, 11) is 3.59. The van der Waals surface area contributed by atoms with E-state index in [0.717, 1.165) is 4.88 Å². The molecule has 0 spiro atoms. The summed E-state index contributed by atoms with van der Waals surface area (Å²) in [5, 5.41) is 4.49. The van der Waals surface area contributed by atoms with Gasteiger partial charge in [0.15, 0.2) is 0 Å². The quantitative estimate of drug-likeness (QED) is 0.476. The zero-order chi connectivity index (χ0) is 25.3. The topological polar surface area (TPSA) is 75.4 Å². The number of aryl methyl sites for hydroxylation is 1. The Balaban J connectivity index is 1.68. The Morgan fingerprint density at radius 3 is 2.38 bits per heavy atom. The van der Waals surface area contributed by atoms with Crippen molar-refractivity contribution >= 4 is 23.2 Å². The second kappa shape index (κ2) is 10.0. The predicted molar refractivity (Wildman–Crippen MR) is 123 cm³/mol. The van der Waals surface area contributed by atoms with Crippen molar-refractivity contribution in [1.82, 2.24) is 10.2 Å². The smallest absolute Gasteiger partial charge is 0.366 e. The molecule has 0 bridgehead atoms. The average Bonchev–Trinajstić information content (AvgIpc) is 3.44. The molecule has 2 aromatic rings. The van der Waals surface area contributed by atoms with E-state index in [9.17, 15) is 27.2 Å². The fourth-order valence-electron chi connectivity index (χ4n) is 4.33. The van der Waals surface area contributed by atoms with Crippen molar-refractivity contribution in [2.75, 3.05) is 20.6 Å². The highest BCUT2D eigenvalue weighted by Crippen LogP contribution is 2.66. The van der Waals surface area contributed by atoms with E-state index in [0.29, 0.717) is 17.5 Å². The Kier molecular flexibility index (Phi) is 7.72. The highest BCUT2D eigenvalue weighted by Gasteiger charge is 2.67. The van der Waals surface area contributed by atoms with E-state index < -0.39 is 35.1 Å². The number of thiophene rings is 1. The Labute approximate surface area is 200 Å². The normalized spacial score (nSPS) is 16.8. The zero-order valence-electron chi connectivity index (χ0n) is 19.3. The number of primary amides is 1. The molecule has 10 heteroatoms. The number of alkyl halides is 3. The van der Waals surface area contributed by atoms with Crippen molar-refractivity contribution in [3.8, 4) is 0 Å². The number of carbonyl (C=O) groups is 2. The Hall–Kier alpha value is -2.46. The van der Waals surface area contributed by atoms with Gasteiger partial charge in [-0.3, -0.25) is 9.59 Å². The lowest BCUT2D eigenvalue weighted by molar-refractivity contribution is -0.194. The fraction of sp³-hybridized carbons (Fsp3) is 0.500. The summed E-state index contributed by atoms with van der Waals surface area (Å²) in [6.07, 6.45) is -4.21. The maximum absolute atomic E-state index is 14.1. The van der Waals surface area contributed by atoms with E-state index in [2.05, 4.69) is 5.32 Å². The van der Waals surface area contributed by atoms with Crippen LogP contribution in [0.1, 0.15) is 51.5 Å². The van der Waals surface area contributed by atoms with Crippen LogP contribution in [0, 0.1) is 18.2 Å². The number of benzene rings is 1. The molecule has 3 N–H and O–H groups in total. The lowest BCUT2D eigenvalue weighted by Crippen LogP contribution is -2.42. The van der Waals surface area contributed by atoms with Crippen LogP contribution >= 0.6 is 11.3 Å². The molecule has 2 unspecified atom stereocenters. The summed E-state index contributed by atoms with van der Waals surface area (Å²) in [5.41, 5.74) is 4.25. The van der Waals surface area contributed by atoms with Crippen molar-refractivity contribution in [2.45, 2.75) is 50.7 Å². The minimum Gasteiger partial charge on any atom is -0.366 e. The molecule has 0 aliphatic heterocycles. The third kappa shape index (κ3) is 5.78. The van der Waals surface area contributed by atoms with Crippen molar-refractivity contribution in [3.63, 3.8) is 0 Å². The lowest BCUT2D eigenvalue weighted by Gasteiger charge is -2.29. The molecule has 2 atom stereocenters. The van der Waals surface area contributed by atoms with E-state index in [1.165, 1.54) is 23.5 Å². The van der Waals surface area contributed by atoms with Gasteiger partial charge in [0.1, 0.15) is 5.82 Å². The number of hydrogen-bond donors (Lipinski definition) is 2. The molecule has 1 aromatic carbocycles. The highest BCUT2D eigenvalue weighted by molar-refractivity contribution is 7.10. The van der Waals surface area contributed by atoms with E-state index in [1.54, 1.807) is 31.6 Å². The second-order valence-electron chi connectivity index (χ2n) is 9.21. The molecule has 5 nitrogen and oxygen atoms in total. The SMILES string of the molecule is Cc1cc(C(CC(=O)NCC(Cc2ccc(C(N)=O)c(F)c2)N(C)C)C2(C(F)(F)F)CC2)cs1. The van der Waals surface area contributed by atoms with E-state index in [1.807, 2.05) is 11.8 Å². The minimum atomic E-state index is -4.37. The van der Waals surface area contributed by atoms with Crippen molar-refractivity contribution < 1.29 is 27.2 Å². The molecular formula is C24H29F4N3O2S. The molecule has 186 valence electrons. The minimum absolute atomic E-state index is 0.0243. The summed E-state index contributed by atoms with van der Waals surface area (Å²) >= 11 is 1.38. The van der Waals surface area contributed by atoms with Crippen LogP contribution in [-0.4, -0.2) is 49.6 Å². The Morgan fingerprint density at radius 1 is 1.24 bits per heavy atom. The van der Waals surface area contributed by atoms with Gasteiger partial charge in [-0.05, 0) is 75.0 Å². The Bertz CT molecular complexity index is 1050. The molecule has 1 aromatic heterocycles. The van der Waals surface area contributed by atoms with Crippen LogP contribution in [0.2, 0.25) is 0 Å². The van der Waals surface area contributed by atoms with Gasteiger partial charge in [-0.1, -0.05) is 6.07 Å². The molecular weight excluding hydrogens is 470 g/mol.